The highest BCUT2D eigenvalue weighted by Crippen LogP contribution is 2.21. The molecule has 2 nitrogen and oxygen atoms in total. The van der Waals surface area contributed by atoms with E-state index in [2.05, 4.69) is 15.9 Å². The molecular formula is C10H13BrFNO. The lowest BCUT2D eigenvalue weighted by Crippen LogP contribution is -2.42. The second kappa shape index (κ2) is 4.38. The molecule has 0 saturated carbocycles. The summed E-state index contributed by atoms with van der Waals surface area (Å²) in [6.07, 6.45) is 0.504. The van der Waals surface area contributed by atoms with Crippen LogP contribution in [0.1, 0.15) is 12.5 Å². The minimum Gasteiger partial charge on any atom is -0.394 e. The summed E-state index contributed by atoms with van der Waals surface area (Å²) < 4.78 is 13.4. The Hall–Kier alpha value is -0.450. The first-order valence-electron chi connectivity index (χ1n) is 4.28. The lowest BCUT2D eigenvalue weighted by molar-refractivity contribution is 0.208. The molecule has 4 heteroatoms. The number of rotatable bonds is 3. The monoisotopic (exact) mass is 261 g/mol. The third-order valence-electron chi connectivity index (χ3n) is 1.97. The molecule has 0 bridgehead atoms. The Morgan fingerprint density at radius 2 is 2.21 bits per heavy atom. The Kier molecular flexibility index (Phi) is 3.64. The molecule has 14 heavy (non-hydrogen) atoms. The van der Waals surface area contributed by atoms with Gasteiger partial charge in [-0.1, -0.05) is 22.0 Å². The van der Waals surface area contributed by atoms with Gasteiger partial charge in [0.1, 0.15) is 5.82 Å². The zero-order valence-electron chi connectivity index (χ0n) is 7.93. The average Bonchev–Trinajstić information content (AvgIpc) is 2.10. The second-order valence-corrected chi connectivity index (χ2v) is 4.58. The molecule has 1 rings (SSSR count). The summed E-state index contributed by atoms with van der Waals surface area (Å²) in [7, 11) is 0. The smallest absolute Gasteiger partial charge is 0.124 e. The van der Waals surface area contributed by atoms with Crippen LogP contribution in [0.4, 0.5) is 4.39 Å². The zero-order valence-corrected chi connectivity index (χ0v) is 9.51. The molecule has 1 aromatic carbocycles. The number of aliphatic hydroxyl groups is 1. The summed E-state index contributed by atoms with van der Waals surface area (Å²) in [6, 6.07) is 4.44. The number of aliphatic hydroxyl groups excluding tert-OH is 1. The van der Waals surface area contributed by atoms with Crippen LogP contribution in [-0.4, -0.2) is 17.3 Å². The van der Waals surface area contributed by atoms with Gasteiger partial charge in [0.2, 0.25) is 0 Å². The third-order valence-corrected chi connectivity index (χ3v) is 2.71. The highest BCUT2D eigenvalue weighted by atomic mass is 79.9. The second-order valence-electron chi connectivity index (χ2n) is 3.72. The highest BCUT2D eigenvalue weighted by Gasteiger charge is 2.19. The van der Waals surface area contributed by atoms with Gasteiger partial charge in [-0.05, 0) is 31.0 Å². The summed E-state index contributed by atoms with van der Waals surface area (Å²) in [5, 5.41) is 8.99. The van der Waals surface area contributed by atoms with Crippen LogP contribution in [0.25, 0.3) is 0 Å². The number of hydrogen-bond acceptors (Lipinski definition) is 2. The summed E-state index contributed by atoms with van der Waals surface area (Å²) in [5.41, 5.74) is 6.02. The normalized spacial score (nSPS) is 15.2. The molecule has 0 aromatic heterocycles. The van der Waals surface area contributed by atoms with Crippen LogP contribution < -0.4 is 5.73 Å². The zero-order chi connectivity index (χ0) is 10.8. The van der Waals surface area contributed by atoms with E-state index in [0.29, 0.717) is 10.9 Å². The number of benzene rings is 1. The van der Waals surface area contributed by atoms with Crippen LogP contribution in [0.15, 0.2) is 22.7 Å². The predicted octanol–water partition coefficient (Wildman–Crippen LogP) is 1.84. The maximum absolute atomic E-state index is 12.8. The molecule has 0 spiro atoms. The van der Waals surface area contributed by atoms with Crippen molar-refractivity contribution in [1.29, 1.82) is 0 Å². The van der Waals surface area contributed by atoms with Crippen LogP contribution in [0.2, 0.25) is 0 Å². The van der Waals surface area contributed by atoms with E-state index < -0.39 is 5.54 Å². The van der Waals surface area contributed by atoms with Gasteiger partial charge in [0.15, 0.2) is 0 Å². The molecular weight excluding hydrogens is 249 g/mol. The van der Waals surface area contributed by atoms with Crippen molar-refractivity contribution in [3.8, 4) is 0 Å². The lowest BCUT2D eigenvalue weighted by atomic mass is 9.95. The number of nitrogens with two attached hydrogens (primary N) is 1. The largest absolute Gasteiger partial charge is 0.394 e. The average molecular weight is 262 g/mol. The van der Waals surface area contributed by atoms with E-state index in [1.54, 1.807) is 13.0 Å². The van der Waals surface area contributed by atoms with Gasteiger partial charge in [0.05, 0.1) is 6.61 Å². The fraction of sp³-hybridized carbons (Fsp3) is 0.400. The van der Waals surface area contributed by atoms with Gasteiger partial charge in [-0.3, -0.25) is 0 Å². The maximum Gasteiger partial charge on any atom is 0.124 e. The van der Waals surface area contributed by atoms with Crippen LogP contribution >= 0.6 is 15.9 Å². The fourth-order valence-corrected chi connectivity index (χ4v) is 1.65. The minimum atomic E-state index is -0.666. The van der Waals surface area contributed by atoms with Gasteiger partial charge >= 0.3 is 0 Å². The topological polar surface area (TPSA) is 46.2 Å². The Bertz CT molecular complexity index is 328. The van der Waals surface area contributed by atoms with E-state index in [1.165, 1.54) is 12.1 Å². The van der Waals surface area contributed by atoms with E-state index in [4.69, 9.17) is 10.8 Å². The van der Waals surface area contributed by atoms with Crippen molar-refractivity contribution in [2.75, 3.05) is 6.61 Å². The minimum absolute atomic E-state index is 0.100. The van der Waals surface area contributed by atoms with Gasteiger partial charge in [-0.25, -0.2) is 4.39 Å². The van der Waals surface area contributed by atoms with Gasteiger partial charge in [-0.15, -0.1) is 0 Å². The van der Waals surface area contributed by atoms with Crippen molar-refractivity contribution in [2.24, 2.45) is 5.73 Å². The quantitative estimate of drug-likeness (QED) is 0.873. The van der Waals surface area contributed by atoms with E-state index in [0.717, 1.165) is 5.56 Å². The van der Waals surface area contributed by atoms with Crippen LogP contribution in [0.3, 0.4) is 0 Å². The van der Waals surface area contributed by atoms with Crippen LogP contribution in [0.5, 0.6) is 0 Å². The van der Waals surface area contributed by atoms with E-state index >= 15 is 0 Å². The molecule has 0 radical (unpaired) electrons. The number of halogens is 2. The number of hydrogen-bond donors (Lipinski definition) is 2. The standard InChI is InChI=1S/C10H13BrFNO/c1-10(13,6-14)5-7-2-3-8(12)4-9(7)11/h2-4,14H,5-6,13H2,1H3. The summed E-state index contributed by atoms with van der Waals surface area (Å²) in [5.74, 6) is -0.289. The molecule has 0 fully saturated rings. The molecule has 0 aliphatic rings. The highest BCUT2D eigenvalue weighted by molar-refractivity contribution is 9.10. The van der Waals surface area contributed by atoms with Crippen molar-refractivity contribution < 1.29 is 9.50 Å². The Morgan fingerprint density at radius 3 is 2.71 bits per heavy atom. The van der Waals surface area contributed by atoms with Gasteiger partial charge in [0, 0.05) is 10.0 Å². The van der Waals surface area contributed by atoms with Crippen LogP contribution in [-0.2, 0) is 6.42 Å². The SMILES string of the molecule is CC(N)(CO)Cc1ccc(F)cc1Br. The molecule has 1 aromatic rings. The lowest BCUT2D eigenvalue weighted by Gasteiger charge is -2.22. The maximum atomic E-state index is 12.8. The van der Waals surface area contributed by atoms with E-state index in [-0.39, 0.29) is 12.4 Å². The molecule has 0 saturated heterocycles. The molecule has 0 aliphatic heterocycles. The van der Waals surface area contributed by atoms with Crippen LogP contribution in [0, 0.1) is 5.82 Å². The molecule has 0 amide bonds. The molecule has 3 N–H and O–H groups in total. The Morgan fingerprint density at radius 1 is 1.57 bits per heavy atom. The fourth-order valence-electron chi connectivity index (χ4n) is 1.16. The summed E-state index contributed by atoms with van der Waals surface area (Å²) >= 11 is 3.25. The third kappa shape index (κ3) is 3.04. The van der Waals surface area contributed by atoms with Gasteiger partial charge in [0.25, 0.3) is 0 Å². The predicted molar refractivity (Wildman–Crippen MR) is 57.5 cm³/mol. The molecule has 0 aliphatic carbocycles. The first kappa shape index (κ1) is 11.6. The summed E-state index contributed by atoms with van der Waals surface area (Å²) in [4.78, 5) is 0. The first-order chi connectivity index (χ1) is 6.44. The van der Waals surface area contributed by atoms with Crippen molar-refractivity contribution in [2.45, 2.75) is 18.9 Å². The molecule has 1 atom stereocenters. The van der Waals surface area contributed by atoms with Crippen molar-refractivity contribution >= 4 is 15.9 Å². The molecule has 78 valence electrons. The van der Waals surface area contributed by atoms with Gasteiger partial charge in [-0.2, -0.15) is 0 Å². The van der Waals surface area contributed by atoms with E-state index in [9.17, 15) is 4.39 Å². The molecule has 0 heterocycles. The van der Waals surface area contributed by atoms with E-state index in [1.807, 2.05) is 0 Å². The van der Waals surface area contributed by atoms with Crippen molar-refractivity contribution in [3.63, 3.8) is 0 Å². The molecule has 1 unspecified atom stereocenters. The van der Waals surface area contributed by atoms with Crippen molar-refractivity contribution in [3.05, 3.63) is 34.1 Å². The Balaban J connectivity index is 2.87. The van der Waals surface area contributed by atoms with Gasteiger partial charge < -0.3 is 10.8 Å². The first-order valence-corrected chi connectivity index (χ1v) is 5.07. The van der Waals surface area contributed by atoms with Crippen molar-refractivity contribution in [1.82, 2.24) is 0 Å². The Labute approximate surface area is 91.1 Å². The summed E-state index contributed by atoms with van der Waals surface area (Å²) in [6.45, 7) is 1.65.